The first-order valence-electron chi connectivity index (χ1n) is 5.21. The van der Waals surface area contributed by atoms with Crippen LogP contribution in [-0.4, -0.2) is 23.0 Å². The summed E-state index contributed by atoms with van der Waals surface area (Å²) in [6.07, 6.45) is 0.854. The Morgan fingerprint density at radius 1 is 1.47 bits per heavy atom. The second kappa shape index (κ2) is 6.27. The van der Waals surface area contributed by atoms with Crippen molar-refractivity contribution in [2.45, 2.75) is 40.2 Å². The van der Waals surface area contributed by atoms with Crippen molar-refractivity contribution in [3.63, 3.8) is 0 Å². The van der Waals surface area contributed by atoms with Crippen molar-refractivity contribution in [2.75, 3.05) is 0 Å². The van der Waals surface area contributed by atoms with E-state index in [0.717, 1.165) is 6.42 Å². The largest absolute Gasteiger partial charge is 0.409 e. The monoisotopic (exact) mass is 215 g/mol. The molecule has 2 atom stereocenters. The minimum atomic E-state index is -0.566. The van der Waals surface area contributed by atoms with E-state index >= 15 is 0 Å². The Bertz CT molecular complexity index is 239. The Kier molecular flexibility index (Phi) is 5.74. The summed E-state index contributed by atoms with van der Waals surface area (Å²) in [7, 11) is 0. The molecule has 5 heteroatoms. The van der Waals surface area contributed by atoms with E-state index in [1.807, 2.05) is 27.7 Å². The molecule has 0 saturated carbocycles. The maximum Gasteiger partial charge on any atom is 0.231 e. The lowest BCUT2D eigenvalue weighted by Crippen LogP contribution is -2.44. The fraction of sp³-hybridized carbons (Fsp3) is 0.800. The summed E-state index contributed by atoms with van der Waals surface area (Å²) < 4.78 is 0. The molecule has 0 fully saturated rings. The molecule has 0 saturated heterocycles. The second-order valence-electron chi connectivity index (χ2n) is 4.06. The third kappa shape index (κ3) is 4.18. The van der Waals surface area contributed by atoms with Gasteiger partial charge in [0.05, 0.1) is 0 Å². The van der Waals surface area contributed by atoms with Gasteiger partial charge in [0.2, 0.25) is 5.91 Å². The van der Waals surface area contributed by atoms with Crippen LogP contribution in [0.15, 0.2) is 5.16 Å². The van der Waals surface area contributed by atoms with Gasteiger partial charge in [-0.3, -0.25) is 4.79 Å². The molecule has 0 spiro atoms. The SMILES string of the molecule is CCC(C)NC(=O)C(C(N)=NO)C(C)C. The molecule has 0 aromatic rings. The normalized spacial score (nSPS) is 16.2. The van der Waals surface area contributed by atoms with Crippen molar-refractivity contribution in [1.29, 1.82) is 0 Å². The molecule has 2 unspecified atom stereocenters. The van der Waals surface area contributed by atoms with Crippen LogP contribution in [0, 0.1) is 11.8 Å². The smallest absolute Gasteiger partial charge is 0.231 e. The van der Waals surface area contributed by atoms with Crippen LogP contribution in [0.5, 0.6) is 0 Å². The maximum absolute atomic E-state index is 11.8. The highest BCUT2D eigenvalue weighted by Gasteiger charge is 2.27. The molecule has 0 rings (SSSR count). The van der Waals surface area contributed by atoms with Crippen molar-refractivity contribution in [2.24, 2.45) is 22.7 Å². The molecule has 0 radical (unpaired) electrons. The van der Waals surface area contributed by atoms with Crippen LogP contribution in [0.25, 0.3) is 0 Å². The minimum Gasteiger partial charge on any atom is -0.409 e. The quantitative estimate of drug-likeness (QED) is 0.276. The molecule has 5 nitrogen and oxygen atoms in total. The number of nitrogens with zero attached hydrogens (tertiary/aromatic N) is 1. The van der Waals surface area contributed by atoms with Gasteiger partial charge in [0.15, 0.2) is 5.84 Å². The molecule has 1 amide bonds. The standard InChI is InChI=1S/C10H21N3O2/c1-5-7(4)12-10(14)8(6(2)3)9(11)13-15/h6-8,15H,5H2,1-4H3,(H2,11,13)(H,12,14). The van der Waals surface area contributed by atoms with Gasteiger partial charge >= 0.3 is 0 Å². The number of oxime groups is 1. The van der Waals surface area contributed by atoms with Crippen molar-refractivity contribution in [1.82, 2.24) is 5.32 Å². The van der Waals surface area contributed by atoms with Gasteiger partial charge in [0.1, 0.15) is 5.92 Å². The van der Waals surface area contributed by atoms with Gasteiger partial charge in [-0.15, -0.1) is 0 Å². The number of amidine groups is 1. The van der Waals surface area contributed by atoms with E-state index in [1.54, 1.807) is 0 Å². The predicted molar refractivity (Wildman–Crippen MR) is 59.6 cm³/mol. The number of nitrogens with one attached hydrogen (secondary N) is 1. The summed E-state index contributed by atoms with van der Waals surface area (Å²) in [5, 5.41) is 14.3. The van der Waals surface area contributed by atoms with E-state index < -0.39 is 5.92 Å². The fourth-order valence-corrected chi connectivity index (χ4v) is 1.28. The topological polar surface area (TPSA) is 87.7 Å². The van der Waals surface area contributed by atoms with E-state index in [-0.39, 0.29) is 23.7 Å². The number of rotatable bonds is 5. The third-order valence-corrected chi connectivity index (χ3v) is 2.38. The number of carbonyl (C=O) groups excluding carboxylic acids is 1. The summed E-state index contributed by atoms with van der Waals surface area (Å²) >= 11 is 0. The maximum atomic E-state index is 11.8. The summed E-state index contributed by atoms with van der Waals surface area (Å²) in [6.45, 7) is 7.62. The van der Waals surface area contributed by atoms with Crippen LogP contribution < -0.4 is 11.1 Å². The van der Waals surface area contributed by atoms with Gasteiger partial charge in [0.25, 0.3) is 0 Å². The van der Waals surface area contributed by atoms with E-state index in [2.05, 4.69) is 10.5 Å². The highest BCUT2D eigenvalue weighted by atomic mass is 16.4. The van der Waals surface area contributed by atoms with E-state index in [4.69, 9.17) is 10.9 Å². The Labute approximate surface area is 90.7 Å². The van der Waals surface area contributed by atoms with Gasteiger partial charge in [-0.1, -0.05) is 25.9 Å². The summed E-state index contributed by atoms with van der Waals surface area (Å²) in [5.41, 5.74) is 5.48. The molecule has 15 heavy (non-hydrogen) atoms. The van der Waals surface area contributed by atoms with Gasteiger partial charge in [-0.2, -0.15) is 0 Å². The summed E-state index contributed by atoms with van der Waals surface area (Å²) in [4.78, 5) is 11.8. The van der Waals surface area contributed by atoms with Crippen LogP contribution in [0.2, 0.25) is 0 Å². The first kappa shape index (κ1) is 13.7. The Balaban J connectivity index is 4.58. The van der Waals surface area contributed by atoms with Crippen LogP contribution in [0.1, 0.15) is 34.1 Å². The van der Waals surface area contributed by atoms with Gasteiger partial charge in [-0.25, -0.2) is 0 Å². The molecule has 0 heterocycles. The molecule has 88 valence electrons. The molecule has 0 bridgehead atoms. The Morgan fingerprint density at radius 2 is 2.00 bits per heavy atom. The van der Waals surface area contributed by atoms with Crippen LogP contribution in [0.4, 0.5) is 0 Å². The Hall–Kier alpha value is -1.26. The molecule has 0 aliphatic carbocycles. The highest BCUT2D eigenvalue weighted by Crippen LogP contribution is 2.11. The lowest BCUT2D eigenvalue weighted by molar-refractivity contribution is -0.124. The number of hydrogen-bond acceptors (Lipinski definition) is 3. The zero-order valence-corrected chi connectivity index (χ0v) is 9.82. The highest BCUT2D eigenvalue weighted by molar-refractivity contribution is 6.02. The van der Waals surface area contributed by atoms with Crippen LogP contribution >= 0.6 is 0 Å². The molecule has 0 aromatic heterocycles. The summed E-state index contributed by atoms with van der Waals surface area (Å²) in [5.74, 6) is -0.783. The van der Waals surface area contributed by atoms with E-state index in [9.17, 15) is 4.79 Å². The molecule has 0 aromatic carbocycles. The first-order chi connectivity index (χ1) is 6.93. The van der Waals surface area contributed by atoms with Crippen molar-refractivity contribution in [3.05, 3.63) is 0 Å². The van der Waals surface area contributed by atoms with Crippen molar-refractivity contribution in [3.8, 4) is 0 Å². The van der Waals surface area contributed by atoms with Gasteiger partial charge in [0, 0.05) is 6.04 Å². The van der Waals surface area contributed by atoms with Gasteiger partial charge in [-0.05, 0) is 19.3 Å². The molecule has 0 aliphatic heterocycles. The zero-order valence-electron chi connectivity index (χ0n) is 9.82. The lowest BCUT2D eigenvalue weighted by atomic mass is 9.93. The molecular formula is C10H21N3O2. The molecule has 4 N–H and O–H groups in total. The van der Waals surface area contributed by atoms with Gasteiger partial charge < -0.3 is 16.3 Å². The number of carbonyl (C=O) groups is 1. The Morgan fingerprint density at radius 3 is 2.33 bits per heavy atom. The van der Waals surface area contributed by atoms with Crippen LogP contribution in [0.3, 0.4) is 0 Å². The number of nitrogens with two attached hydrogens (primary N) is 1. The second-order valence-corrected chi connectivity index (χ2v) is 4.06. The molecule has 0 aliphatic rings. The molecular weight excluding hydrogens is 194 g/mol. The predicted octanol–water partition coefficient (Wildman–Crippen LogP) is 0.920. The summed E-state index contributed by atoms with van der Waals surface area (Å²) in [6, 6.07) is 0.102. The van der Waals surface area contributed by atoms with Crippen molar-refractivity contribution < 1.29 is 10.0 Å². The zero-order chi connectivity index (χ0) is 12.0. The van der Waals surface area contributed by atoms with Crippen LogP contribution in [-0.2, 0) is 4.79 Å². The van der Waals surface area contributed by atoms with Crippen molar-refractivity contribution >= 4 is 11.7 Å². The average molecular weight is 215 g/mol. The number of hydrogen-bond donors (Lipinski definition) is 3. The average Bonchev–Trinajstić information content (AvgIpc) is 2.16. The minimum absolute atomic E-state index is 0.00459. The van der Waals surface area contributed by atoms with E-state index in [1.165, 1.54) is 0 Å². The van der Waals surface area contributed by atoms with E-state index in [0.29, 0.717) is 0 Å². The lowest BCUT2D eigenvalue weighted by Gasteiger charge is -2.21. The third-order valence-electron chi connectivity index (χ3n) is 2.38. The number of amides is 1. The first-order valence-corrected chi connectivity index (χ1v) is 5.21. The fourth-order valence-electron chi connectivity index (χ4n) is 1.28.